The summed E-state index contributed by atoms with van der Waals surface area (Å²) < 4.78 is 56.8. The normalized spacial score (nSPS) is 19.8. The molecule has 1 aliphatic heterocycles. The lowest BCUT2D eigenvalue weighted by atomic mass is 9.90. The molecule has 5 rings (SSSR count). The van der Waals surface area contributed by atoms with Crippen LogP contribution < -0.4 is 14.8 Å². The highest BCUT2D eigenvalue weighted by atomic mass is 19.3. The molecule has 3 aliphatic rings. The van der Waals surface area contributed by atoms with Gasteiger partial charge in [-0.05, 0) is 79.8 Å². The third-order valence-electron chi connectivity index (χ3n) is 7.85. The molecule has 1 N–H and O–H groups in total. The fourth-order valence-corrected chi connectivity index (χ4v) is 5.50. The number of benzene rings is 2. The monoisotopic (exact) mass is 572 g/mol. The lowest BCUT2D eigenvalue weighted by molar-refractivity contribution is -0.141. The first kappa shape index (κ1) is 28.8. The van der Waals surface area contributed by atoms with Gasteiger partial charge in [-0.25, -0.2) is 14.0 Å². The van der Waals surface area contributed by atoms with Crippen molar-refractivity contribution in [1.82, 2.24) is 10.2 Å². The van der Waals surface area contributed by atoms with Gasteiger partial charge in [0.15, 0.2) is 11.5 Å². The van der Waals surface area contributed by atoms with E-state index in [4.69, 9.17) is 14.2 Å². The molecule has 0 saturated heterocycles. The number of nitrogens with one attached hydrogen (secondary N) is 1. The summed E-state index contributed by atoms with van der Waals surface area (Å²) in [5.74, 6) is -0.449. The number of carbonyl (C=O) groups excluding carboxylic acids is 2. The standard InChI is InChI=1S/C31H35F3N2O5/c1-19-27(29(37)40-18-20-6-3-2-4-7-20)28(36(31(38)35-19)16-22-8-5-9-24(32)14-22)23-12-13-25(41-30(33)34)26(15-23)39-17-21-10-11-21/h5,8-9,12-15,20-21,28,30H,2-4,6-7,10-11,16-18H2,1H3,(H,35,38). The van der Waals surface area contributed by atoms with Crippen LogP contribution in [0, 0.1) is 17.7 Å². The minimum Gasteiger partial charge on any atom is -0.489 e. The van der Waals surface area contributed by atoms with Gasteiger partial charge in [-0.1, -0.05) is 37.5 Å². The lowest BCUT2D eigenvalue weighted by Gasteiger charge is -2.38. The predicted molar refractivity (Wildman–Crippen MR) is 145 cm³/mol. The Morgan fingerprint density at radius 2 is 1.76 bits per heavy atom. The molecule has 0 bridgehead atoms. The van der Waals surface area contributed by atoms with Crippen molar-refractivity contribution in [2.45, 2.75) is 71.1 Å². The summed E-state index contributed by atoms with van der Waals surface area (Å²) in [5, 5.41) is 2.75. The fraction of sp³-hybridized carbons (Fsp3) is 0.484. The number of ether oxygens (including phenoxy) is 3. The number of urea groups is 1. The zero-order chi connectivity index (χ0) is 28.9. The molecule has 1 atom stereocenters. The van der Waals surface area contributed by atoms with E-state index in [9.17, 15) is 22.8 Å². The SMILES string of the molecule is CC1=C(C(=O)OCC2CCCCC2)C(c2ccc(OC(F)F)c(OCC3CC3)c2)N(Cc2cccc(F)c2)C(=O)N1. The first-order chi connectivity index (χ1) is 19.8. The van der Waals surface area contributed by atoms with Crippen LogP contribution in [0.3, 0.4) is 0 Å². The van der Waals surface area contributed by atoms with Gasteiger partial charge in [0.25, 0.3) is 0 Å². The third kappa shape index (κ3) is 7.34. The van der Waals surface area contributed by atoms with Crippen LogP contribution in [0.2, 0.25) is 0 Å². The summed E-state index contributed by atoms with van der Waals surface area (Å²) in [7, 11) is 0. The molecule has 2 fully saturated rings. The molecule has 0 aromatic heterocycles. The average Bonchev–Trinajstić information content (AvgIpc) is 3.77. The zero-order valence-electron chi connectivity index (χ0n) is 23.0. The van der Waals surface area contributed by atoms with Crippen molar-refractivity contribution in [2.75, 3.05) is 13.2 Å². The Morgan fingerprint density at radius 1 is 1.00 bits per heavy atom. The van der Waals surface area contributed by atoms with Crippen LogP contribution in [0.1, 0.15) is 69.0 Å². The molecule has 0 radical (unpaired) electrons. The fourth-order valence-electron chi connectivity index (χ4n) is 5.50. The average molecular weight is 573 g/mol. The number of halogens is 3. The second-order valence-corrected chi connectivity index (χ2v) is 11.1. The topological polar surface area (TPSA) is 77.1 Å². The van der Waals surface area contributed by atoms with E-state index in [1.807, 2.05) is 0 Å². The van der Waals surface area contributed by atoms with Crippen LogP contribution in [0.25, 0.3) is 0 Å². The number of allylic oxidation sites excluding steroid dienone is 1. The molecule has 220 valence electrons. The number of esters is 1. The number of alkyl halides is 2. The minimum absolute atomic E-state index is 0.0194. The van der Waals surface area contributed by atoms with Gasteiger partial charge in [-0.3, -0.25) is 0 Å². The van der Waals surface area contributed by atoms with E-state index in [2.05, 4.69) is 5.32 Å². The Morgan fingerprint density at radius 3 is 2.46 bits per heavy atom. The highest BCUT2D eigenvalue weighted by molar-refractivity contribution is 5.95. The zero-order valence-corrected chi connectivity index (χ0v) is 23.0. The van der Waals surface area contributed by atoms with Crippen molar-refractivity contribution in [3.8, 4) is 11.5 Å². The van der Waals surface area contributed by atoms with Crippen molar-refractivity contribution in [2.24, 2.45) is 11.8 Å². The largest absolute Gasteiger partial charge is 0.489 e. The van der Waals surface area contributed by atoms with Crippen molar-refractivity contribution in [1.29, 1.82) is 0 Å². The highest BCUT2D eigenvalue weighted by Crippen LogP contribution is 2.41. The van der Waals surface area contributed by atoms with Crippen molar-refractivity contribution in [3.63, 3.8) is 0 Å². The molecule has 1 heterocycles. The molecule has 10 heteroatoms. The molecular formula is C31H35F3N2O5. The number of nitrogens with zero attached hydrogens (tertiary/aromatic N) is 1. The maximum Gasteiger partial charge on any atom is 0.387 e. The molecule has 2 aliphatic carbocycles. The number of carbonyl (C=O) groups is 2. The van der Waals surface area contributed by atoms with E-state index in [0.717, 1.165) is 38.5 Å². The van der Waals surface area contributed by atoms with Gasteiger partial charge in [0.05, 0.1) is 24.8 Å². The van der Waals surface area contributed by atoms with Crippen LogP contribution in [0.15, 0.2) is 53.7 Å². The van der Waals surface area contributed by atoms with Crippen LogP contribution >= 0.6 is 0 Å². The van der Waals surface area contributed by atoms with E-state index in [0.29, 0.717) is 29.3 Å². The summed E-state index contributed by atoms with van der Waals surface area (Å²) >= 11 is 0. The summed E-state index contributed by atoms with van der Waals surface area (Å²) in [6.07, 6.45) is 7.34. The van der Waals surface area contributed by atoms with Gasteiger partial charge >= 0.3 is 18.6 Å². The molecule has 7 nitrogen and oxygen atoms in total. The Labute approximate surface area is 237 Å². The van der Waals surface area contributed by atoms with Gasteiger partial charge in [-0.15, -0.1) is 0 Å². The minimum atomic E-state index is -3.05. The Bertz CT molecular complexity index is 1290. The van der Waals surface area contributed by atoms with E-state index in [-0.39, 0.29) is 36.1 Å². The van der Waals surface area contributed by atoms with E-state index in [1.54, 1.807) is 19.1 Å². The molecule has 2 saturated carbocycles. The van der Waals surface area contributed by atoms with Gasteiger partial charge in [0, 0.05) is 12.2 Å². The summed E-state index contributed by atoms with van der Waals surface area (Å²) in [6, 6.07) is 8.84. The molecule has 41 heavy (non-hydrogen) atoms. The Balaban J connectivity index is 1.51. The van der Waals surface area contributed by atoms with Gasteiger partial charge in [0.1, 0.15) is 5.82 Å². The second-order valence-electron chi connectivity index (χ2n) is 11.1. The van der Waals surface area contributed by atoms with Crippen molar-refractivity contribution >= 4 is 12.0 Å². The van der Waals surface area contributed by atoms with Crippen LogP contribution in [0.4, 0.5) is 18.0 Å². The van der Waals surface area contributed by atoms with Crippen LogP contribution in [0.5, 0.6) is 11.5 Å². The number of hydrogen-bond acceptors (Lipinski definition) is 5. The van der Waals surface area contributed by atoms with Crippen LogP contribution in [-0.2, 0) is 16.1 Å². The third-order valence-corrected chi connectivity index (χ3v) is 7.85. The molecular weight excluding hydrogens is 537 g/mol. The van der Waals surface area contributed by atoms with Gasteiger partial charge in [-0.2, -0.15) is 8.78 Å². The summed E-state index contributed by atoms with van der Waals surface area (Å²) in [4.78, 5) is 28.4. The molecule has 2 aromatic carbocycles. The van der Waals surface area contributed by atoms with Crippen molar-refractivity contribution in [3.05, 3.63) is 70.7 Å². The highest BCUT2D eigenvalue weighted by Gasteiger charge is 2.39. The van der Waals surface area contributed by atoms with Crippen molar-refractivity contribution < 1.29 is 37.0 Å². The summed E-state index contributed by atoms with van der Waals surface area (Å²) in [5.41, 5.74) is 1.51. The van der Waals surface area contributed by atoms with E-state index < -0.39 is 30.5 Å². The maximum absolute atomic E-state index is 14.0. The maximum atomic E-state index is 14.0. The molecule has 1 unspecified atom stereocenters. The molecule has 0 spiro atoms. The predicted octanol–water partition coefficient (Wildman–Crippen LogP) is 6.88. The quantitative estimate of drug-likeness (QED) is 0.297. The van der Waals surface area contributed by atoms with Gasteiger partial charge < -0.3 is 24.4 Å². The number of hydrogen-bond donors (Lipinski definition) is 1. The lowest BCUT2D eigenvalue weighted by Crippen LogP contribution is -2.48. The van der Waals surface area contributed by atoms with E-state index in [1.165, 1.54) is 41.7 Å². The number of amides is 2. The summed E-state index contributed by atoms with van der Waals surface area (Å²) in [6.45, 7) is -0.834. The first-order valence-electron chi connectivity index (χ1n) is 14.2. The molecule has 2 aromatic rings. The number of rotatable bonds is 11. The first-order valence-corrected chi connectivity index (χ1v) is 14.2. The Kier molecular flexibility index (Phi) is 9.05. The second kappa shape index (κ2) is 12.9. The smallest absolute Gasteiger partial charge is 0.387 e. The van der Waals surface area contributed by atoms with E-state index >= 15 is 0 Å². The Hall–Kier alpha value is -3.69. The van der Waals surface area contributed by atoms with Gasteiger partial charge in [0.2, 0.25) is 0 Å². The van der Waals surface area contributed by atoms with Crippen LogP contribution in [-0.4, -0.2) is 36.7 Å². The molecule has 2 amide bonds.